The second-order valence-electron chi connectivity index (χ2n) is 3.29. The van der Waals surface area contributed by atoms with E-state index in [2.05, 4.69) is 16.6 Å². The Morgan fingerprint density at radius 3 is 2.00 bits per heavy atom. The molecule has 0 heterocycles. The molecule has 0 fully saturated rings. The van der Waals surface area contributed by atoms with Gasteiger partial charge in [0.25, 0.3) is 0 Å². The standard InChI is InChI=1S/C8H18N2O.H4O5P2/c1-4-6-9-8(11)10(3)7-5-2;1-6(2)5-7(3)4/h4-7H2,1-3H3,(H,9,11);6-7H,(H,1,2)(H,3,4). The Labute approximate surface area is 108 Å². The fourth-order valence-electron chi connectivity index (χ4n) is 0.879. The monoisotopic (exact) mass is 304 g/mol. The maximum absolute atomic E-state index is 11.1. The lowest BCUT2D eigenvalue weighted by Gasteiger charge is -2.16. The molecule has 18 heavy (non-hydrogen) atoms. The number of amides is 2. The summed E-state index contributed by atoms with van der Waals surface area (Å²) >= 11 is 0. The molecule has 8 nitrogen and oxygen atoms in total. The van der Waals surface area contributed by atoms with Gasteiger partial charge in [-0.15, -0.1) is 0 Å². The average Bonchev–Trinajstić information content (AvgIpc) is 2.25. The van der Waals surface area contributed by atoms with Crippen molar-refractivity contribution >= 4 is 22.5 Å². The summed E-state index contributed by atoms with van der Waals surface area (Å²) in [4.78, 5) is 28.2. The van der Waals surface area contributed by atoms with E-state index in [9.17, 15) is 13.9 Å². The van der Waals surface area contributed by atoms with E-state index in [4.69, 9.17) is 9.79 Å². The van der Waals surface area contributed by atoms with Gasteiger partial charge in [-0.3, -0.25) is 9.13 Å². The first-order valence-corrected chi connectivity index (χ1v) is 8.00. The molecule has 0 saturated heterocycles. The van der Waals surface area contributed by atoms with Crippen LogP contribution in [0.5, 0.6) is 0 Å². The second-order valence-corrected chi connectivity index (χ2v) is 5.17. The van der Waals surface area contributed by atoms with Gasteiger partial charge in [-0.25, -0.2) is 9.11 Å². The van der Waals surface area contributed by atoms with Crippen molar-refractivity contribution in [2.45, 2.75) is 26.7 Å². The molecule has 0 aromatic heterocycles. The van der Waals surface area contributed by atoms with Gasteiger partial charge >= 0.3 is 22.5 Å². The molecule has 0 radical (unpaired) electrons. The predicted octanol–water partition coefficient (Wildman–Crippen LogP) is 1.21. The highest BCUT2D eigenvalue weighted by Crippen LogP contribution is 2.30. The topological polar surface area (TPSA) is 116 Å². The minimum Gasteiger partial charge on any atom is -0.338 e. The summed E-state index contributed by atoms with van der Waals surface area (Å²) in [5, 5.41) is 2.80. The maximum Gasteiger partial charge on any atom is 0.323 e. The van der Waals surface area contributed by atoms with E-state index in [0.29, 0.717) is 0 Å². The van der Waals surface area contributed by atoms with Crippen LogP contribution in [0.25, 0.3) is 0 Å². The van der Waals surface area contributed by atoms with Crippen molar-refractivity contribution in [3.8, 4) is 0 Å². The van der Waals surface area contributed by atoms with Gasteiger partial charge < -0.3 is 20.0 Å². The number of rotatable bonds is 6. The summed E-state index contributed by atoms with van der Waals surface area (Å²) in [6, 6.07) is 0.0358. The second kappa shape index (κ2) is 13.1. The highest BCUT2D eigenvalue weighted by molar-refractivity contribution is 7.46. The first-order valence-electron chi connectivity index (χ1n) is 5.47. The van der Waals surface area contributed by atoms with Crippen LogP contribution in [-0.2, 0) is 13.4 Å². The van der Waals surface area contributed by atoms with E-state index in [1.165, 1.54) is 0 Å². The molecule has 0 rings (SSSR count). The number of hydrogen-bond donors (Lipinski definition) is 3. The highest BCUT2D eigenvalue weighted by atomic mass is 31.2. The molecule has 0 aliphatic carbocycles. The van der Waals surface area contributed by atoms with Crippen molar-refractivity contribution < 1.29 is 28.0 Å². The first-order chi connectivity index (χ1) is 8.34. The summed E-state index contributed by atoms with van der Waals surface area (Å²) in [7, 11) is -4.59. The molecule has 0 aromatic rings. The van der Waals surface area contributed by atoms with Gasteiger partial charge in [0.2, 0.25) is 0 Å². The lowest BCUT2D eigenvalue weighted by molar-refractivity contribution is 0.209. The fourth-order valence-corrected chi connectivity index (χ4v) is 1.48. The van der Waals surface area contributed by atoms with Crippen molar-refractivity contribution in [3.05, 3.63) is 0 Å². The van der Waals surface area contributed by atoms with Gasteiger partial charge in [-0.2, -0.15) is 0 Å². The van der Waals surface area contributed by atoms with Crippen LogP contribution in [0.1, 0.15) is 26.7 Å². The quantitative estimate of drug-likeness (QED) is 0.635. The van der Waals surface area contributed by atoms with Crippen molar-refractivity contribution in [2.24, 2.45) is 0 Å². The Morgan fingerprint density at radius 1 is 1.22 bits per heavy atom. The Bertz CT molecular complexity index is 264. The normalized spacial score (nSPS) is 12.9. The Balaban J connectivity index is 0. The molecule has 0 aliphatic rings. The number of carbonyl (C=O) groups is 1. The Morgan fingerprint density at radius 2 is 1.72 bits per heavy atom. The molecule has 0 saturated carbocycles. The molecule has 3 N–H and O–H groups in total. The molecule has 110 valence electrons. The van der Waals surface area contributed by atoms with Crippen LogP contribution in [0.3, 0.4) is 0 Å². The molecule has 0 aliphatic heterocycles. The van der Waals surface area contributed by atoms with Crippen LogP contribution in [-0.4, -0.2) is 40.9 Å². The fraction of sp³-hybridized carbons (Fsp3) is 0.875. The SMILES string of the molecule is CCCNC(=O)N(C)CCC.O=[PH](O)O[PH](=O)O. The molecule has 10 heteroatoms. The van der Waals surface area contributed by atoms with Gasteiger partial charge in [0.1, 0.15) is 0 Å². The largest absolute Gasteiger partial charge is 0.338 e. The van der Waals surface area contributed by atoms with E-state index in [0.717, 1.165) is 25.9 Å². The molecular weight excluding hydrogens is 282 g/mol. The lowest BCUT2D eigenvalue weighted by atomic mass is 10.4. The zero-order chi connectivity index (χ0) is 14.6. The van der Waals surface area contributed by atoms with Crippen LogP contribution in [0.15, 0.2) is 0 Å². The van der Waals surface area contributed by atoms with E-state index in [1.807, 2.05) is 14.0 Å². The smallest absolute Gasteiger partial charge is 0.323 e. The summed E-state index contributed by atoms with van der Waals surface area (Å²) in [6.45, 7) is 5.70. The third-order valence-electron chi connectivity index (χ3n) is 1.61. The number of nitrogens with one attached hydrogen (secondary N) is 1. The maximum atomic E-state index is 11.1. The predicted molar refractivity (Wildman–Crippen MR) is 70.1 cm³/mol. The zero-order valence-electron chi connectivity index (χ0n) is 10.8. The zero-order valence-corrected chi connectivity index (χ0v) is 12.8. The van der Waals surface area contributed by atoms with E-state index < -0.39 is 16.5 Å². The van der Waals surface area contributed by atoms with Crippen molar-refractivity contribution in [1.82, 2.24) is 10.2 Å². The van der Waals surface area contributed by atoms with Crippen molar-refractivity contribution in [2.75, 3.05) is 20.1 Å². The molecule has 2 amide bonds. The third kappa shape index (κ3) is 15.6. The number of urea groups is 1. The first kappa shape index (κ1) is 19.9. The van der Waals surface area contributed by atoms with Gasteiger partial charge in [0, 0.05) is 20.1 Å². The summed E-state index contributed by atoms with van der Waals surface area (Å²) in [5.41, 5.74) is 0. The summed E-state index contributed by atoms with van der Waals surface area (Å²) in [5.74, 6) is 0. The molecule has 2 atom stereocenters. The Kier molecular flexibility index (Phi) is 14.5. The van der Waals surface area contributed by atoms with E-state index in [-0.39, 0.29) is 6.03 Å². The highest BCUT2D eigenvalue weighted by Gasteiger charge is 2.03. The number of carbonyl (C=O) groups excluding carboxylic acids is 1. The molecule has 2 unspecified atom stereocenters. The average molecular weight is 304 g/mol. The summed E-state index contributed by atoms with van der Waals surface area (Å²) < 4.78 is 22.3. The van der Waals surface area contributed by atoms with Crippen LogP contribution in [0.4, 0.5) is 4.79 Å². The van der Waals surface area contributed by atoms with Crippen LogP contribution < -0.4 is 5.32 Å². The number of hydrogen-bond acceptors (Lipinski definition) is 4. The van der Waals surface area contributed by atoms with Crippen molar-refractivity contribution in [3.63, 3.8) is 0 Å². The minimum atomic E-state index is -3.20. The molecule has 0 bridgehead atoms. The van der Waals surface area contributed by atoms with Gasteiger partial charge in [-0.05, 0) is 12.8 Å². The minimum absolute atomic E-state index is 0.0358. The van der Waals surface area contributed by atoms with E-state index >= 15 is 0 Å². The van der Waals surface area contributed by atoms with Gasteiger partial charge in [0.05, 0.1) is 0 Å². The van der Waals surface area contributed by atoms with Gasteiger partial charge in [-0.1, -0.05) is 13.8 Å². The lowest BCUT2D eigenvalue weighted by Crippen LogP contribution is -2.37. The molecular formula is C8H22N2O6P2. The number of nitrogens with zero attached hydrogens (tertiary/aromatic N) is 1. The van der Waals surface area contributed by atoms with Gasteiger partial charge in [0.15, 0.2) is 0 Å². The molecule has 0 spiro atoms. The molecule has 0 aromatic carbocycles. The third-order valence-corrected chi connectivity index (χ3v) is 3.00. The van der Waals surface area contributed by atoms with Crippen LogP contribution >= 0.6 is 16.5 Å². The van der Waals surface area contributed by atoms with Crippen molar-refractivity contribution in [1.29, 1.82) is 0 Å². The van der Waals surface area contributed by atoms with E-state index in [1.54, 1.807) is 4.90 Å². The van der Waals surface area contributed by atoms with Crippen LogP contribution in [0.2, 0.25) is 0 Å². The van der Waals surface area contributed by atoms with Crippen LogP contribution in [0, 0.1) is 0 Å². The summed E-state index contributed by atoms with van der Waals surface area (Å²) in [6.07, 6.45) is 2.00. The Hall–Kier alpha value is -0.390.